The molecule has 1 nitrogen and oxygen atoms in total. The Morgan fingerprint density at radius 2 is 1.42 bits per heavy atom. The minimum absolute atomic E-state index is 0.0322. The van der Waals surface area contributed by atoms with Crippen molar-refractivity contribution in [1.82, 2.24) is 4.57 Å². The fraction of sp³-hybridized carbons (Fsp3) is 0.222. The second-order valence-corrected chi connectivity index (χ2v) is 5.67. The first-order valence-electron chi connectivity index (χ1n) is 6.75. The van der Waals surface area contributed by atoms with Crippen LogP contribution in [0.2, 0.25) is 0 Å². The van der Waals surface area contributed by atoms with E-state index in [1.54, 1.807) is 0 Å². The number of allylic oxidation sites excluding steroid dienone is 1. The number of fused-ring (bicyclic) bond motifs is 3. The summed E-state index contributed by atoms with van der Waals surface area (Å²) >= 11 is 0. The van der Waals surface area contributed by atoms with E-state index in [1.165, 1.54) is 21.8 Å². The summed E-state index contributed by atoms with van der Waals surface area (Å²) in [6.07, 6.45) is 2.96. The first-order valence-corrected chi connectivity index (χ1v) is 6.75. The van der Waals surface area contributed by atoms with Gasteiger partial charge in [-0.1, -0.05) is 42.5 Å². The average molecular weight is 249 g/mol. The first kappa shape index (κ1) is 12.0. The number of rotatable bonds is 3. The molecule has 0 fully saturated rings. The van der Waals surface area contributed by atoms with Gasteiger partial charge in [0.2, 0.25) is 0 Å². The van der Waals surface area contributed by atoms with Crippen molar-refractivity contribution in [3.05, 3.63) is 61.2 Å². The molecule has 0 radical (unpaired) electrons. The van der Waals surface area contributed by atoms with Gasteiger partial charge in [0.15, 0.2) is 0 Å². The largest absolute Gasteiger partial charge is 0.334 e. The lowest BCUT2D eigenvalue weighted by Crippen LogP contribution is -2.25. The van der Waals surface area contributed by atoms with E-state index in [1.807, 2.05) is 6.08 Å². The summed E-state index contributed by atoms with van der Waals surface area (Å²) in [5.41, 5.74) is 2.64. The average Bonchev–Trinajstić information content (AvgIpc) is 2.74. The standard InChI is InChI=1S/C18H19N/c1-4-13-18(2,3)19-16-11-7-5-9-14(16)15-10-6-8-12-17(15)19/h4-12H,1,13H2,2-3H3. The molecular weight excluding hydrogens is 230 g/mol. The van der Waals surface area contributed by atoms with E-state index in [0.29, 0.717) is 0 Å². The zero-order valence-corrected chi connectivity index (χ0v) is 11.6. The monoisotopic (exact) mass is 249 g/mol. The highest BCUT2D eigenvalue weighted by atomic mass is 15.1. The minimum atomic E-state index is 0.0322. The van der Waals surface area contributed by atoms with Crippen molar-refractivity contribution >= 4 is 21.8 Å². The molecule has 0 spiro atoms. The number of para-hydroxylation sites is 2. The summed E-state index contributed by atoms with van der Waals surface area (Å²) in [6, 6.07) is 17.3. The lowest BCUT2D eigenvalue weighted by Gasteiger charge is -2.28. The third-order valence-electron chi connectivity index (χ3n) is 3.83. The third kappa shape index (κ3) is 1.77. The van der Waals surface area contributed by atoms with Gasteiger partial charge in [-0.2, -0.15) is 0 Å². The molecule has 3 rings (SSSR count). The summed E-state index contributed by atoms with van der Waals surface area (Å²) in [5.74, 6) is 0. The highest BCUT2D eigenvalue weighted by Crippen LogP contribution is 2.35. The van der Waals surface area contributed by atoms with Crippen LogP contribution in [0.25, 0.3) is 21.8 Å². The Morgan fingerprint density at radius 3 is 1.89 bits per heavy atom. The van der Waals surface area contributed by atoms with Gasteiger partial charge in [0.1, 0.15) is 0 Å². The fourth-order valence-corrected chi connectivity index (χ4v) is 3.02. The van der Waals surface area contributed by atoms with E-state index in [-0.39, 0.29) is 5.54 Å². The normalized spacial score (nSPS) is 12.1. The van der Waals surface area contributed by atoms with Gasteiger partial charge in [-0.15, -0.1) is 6.58 Å². The SMILES string of the molecule is C=CCC(C)(C)n1c2ccccc2c2ccccc21. The maximum atomic E-state index is 3.90. The van der Waals surface area contributed by atoms with Crippen LogP contribution in [0.1, 0.15) is 20.3 Å². The van der Waals surface area contributed by atoms with Crippen molar-refractivity contribution in [1.29, 1.82) is 0 Å². The lowest BCUT2D eigenvalue weighted by molar-refractivity contribution is 0.383. The van der Waals surface area contributed by atoms with Gasteiger partial charge in [0, 0.05) is 27.3 Å². The number of hydrogen-bond acceptors (Lipinski definition) is 0. The molecule has 0 atom stereocenters. The van der Waals surface area contributed by atoms with Crippen LogP contribution in [-0.4, -0.2) is 4.57 Å². The van der Waals surface area contributed by atoms with E-state index in [0.717, 1.165) is 6.42 Å². The summed E-state index contributed by atoms with van der Waals surface area (Å²) in [5, 5.41) is 2.66. The molecule has 1 aromatic heterocycles. The Morgan fingerprint density at radius 1 is 0.947 bits per heavy atom. The van der Waals surface area contributed by atoms with Crippen LogP contribution < -0.4 is 0 Å². The molecule has 19 heavy (non-hydrogen) atoms. The second kappa shape index (κ2) is 4.27. The van der Waals surface area contributed by atoms with Crippen molar-refractivity contribution in [2.24, 2.45) is 0 Å². The van der Waals surface area contributed by atoms with Crippen molar-refractivity contribution in [3.8, 4) is 0 Å². The smallest absolute Gasteiger partial charge is 0.0496 e. The number of nitrogens with zero attached hydrogens (tertiary/aromatic N) is 1. The van der Waals surface area contributed by atoms with Crippen LogP contribution in [0.5, 0.6) is 0 Å². The van der Waals surface area contributed by atoms with E-state index in [9.17, 15) is 0 Å². The molecule has 0 saturated heterocycles. The molecule has 0 aliphatic heterocycles. The van der Waals surface area contributed by atoms with E-state index in [2.05, 4.69) is 73.5 Å². The quantitative estimate of drug-likeness (QED) is 0.569. The summed E-state index contributed by atoms with van der Waals surface area (Å²) in [6.45, 7) is 8.45. The van der Waals surface area contributed by atoms with E-state index >= 15 is 0 Å². The van der Waals surface area contributed by atoms with Crippen LogP contribution in [-0.2, 0) is 5.54 Å². The summed E-state index contributed by atoms with van der Waals surface area (Å²) in [7, 11) is 0. The Kier molecular flexibility index (Phi) is 2.70. The molecule has 2 aromatic carbocycles. The molecule has 0 saturated carbocycles. The van der Waals surface area contributed by atoms with Crippen LogP contribution >= 0.6 is 0 Å². The third-order valence-corrected chi connectivity index (χ3v) is 3.83. The number of benzene rings is 2. The molecule has 0 amide bonds. The predicted molar refractivity (Wildman–Crippen MR) is 83.6 cm³/mol. The maximum Gasteiger partial charge on any atom is 0.0496 e. The molecule has 96 valence electrons. The molecular formula is C18H19N. The van der Waals surface area contributed by atoms with E-state index in [4.69, 9.17) is 0 Å². The van der Waals surface area contributed by atoms with Crippen molar-refractivity contribution in [3.63, 3.8) is 0 Å². The summed E-state index contributed by atoms with van der Waals surface area (Å²) in [4.78, 5) is 0. The predicted octanol–water partition coefficient (Wildman–Crippen LogP) is 5.11. The van der Waals surface area contributed by atoms with Gasteiger partial charge >= 0.3 is 0 Å². The van der Waals surface area contributed by atoms with Gasteiger partial charge in [-0.05, 0) is 32.4 Å². The van der Waals surface area contributed by atoms with Crippen LogP contribution in [0.4, 0.5) is 0 Å². The Labute approximate surface area is 114 Å². The van der Waals surface area contributed by atoms with Crippen molar-refractivity contribution < 1.29 is 0 Å². The fourth-order valence-electron chi connectivity index (χ4n) is 3.02. The molecule has 0 aliphatic carbocycles. The van der Waals surface area contributed by atoms with Crippen LogP contribution in [0, 0.1) is 0 Å². The highest BCUT2D eigenvalue weighted by Gasteiger charge is 2.23. The molecule has 1 heterocycles. The highest BCUT2D eigenvalue weighted by molar-refractivity contribution is 6.08. The van der Waals surface area contributed by atoms with Gasteiger partial charge in [-0.3, -0.25) is 0 Å². The molecule has 0 N–H and O–H groups in total. The lowest BCUT2D eigenvalue weighted by atomic mass is 10.00. The second-order valence-electron chi connectivity index (χ2n) is 5.67. The van der Waals surface area contributed by atoms with Gasteiger partial charge in [0.05, 0.1) is 0 Å². The minimum Gasteiger partial charge on any atom is -0.334 e. The number of aromatic nitrogens is 1. The zero-order chi connectivity index (χ0) is 13.5. The molecule has 0 bridgehead atoms. The van der Waals surface area contributed by atoms with E-state index < -0.39 is 0 Å². The number of hydrogen-bond donors (Lipinski definition) is 0. The van der Waals surface area contributed by atoms with Crippen molar-refractivity contribution in [2.45, 2.75) is 25.8 Å². The Hall–Kier alpha value is -2.02. The summed E-state index contributed by atoms with van der Waals surface area (Å²) < 4.78 is 2.44. The molecule has 0 aliphatic rings. The van der Waals surface area contributed by atoms with Gasteiger partial charge in [-0.25, -0.2) is 0 Å². The van der Waals surface area contributed by atoms with Crippen LogP contribution in [0.15, 0.2) is 61.2 Å². The molecule has 1 heteroatoms. The Balaban J connectivity index is 2.46. The van der Waals surface area contributed by atoms with Crippen molar-refractivity contribution in [2.75, 3.05) is 0 Å². The molecule has 3 aromatic rings. The first-order chi connectivity index (χ1) is 9.15. The van der Waals surface area contributed by atoms with Gasteiger partial charge < -0.3 is 4.57 Å². The maximum absolute atomic E-state index is 3.90. The topological polar surface area (TPSA) is 4.93 Å². The van der Waals surface area contributed by atoms with Gasteiger partial charge in [0.25, 0.3) is 0 Å². The zero-order valence-electron chi connectivity index (χ0n) is 11.6. The van der Waals surface area contributed by atoms with Crippen LogP contribution in [0.3, 0.4) is 0 Å². The Bertz CT molecular complexity index is 693. The molecule has 0 unspecified atom stereocenters.